The van der Waals surface area contributed by atoms with Crippen molar-refractivity contribution in [1.82, 2.24) is 10.2 Å². The number of fused-ring (bicyclic) bond motifs is 1. The highest BCUT2D eigenvalue weighted by atomic mass is 15.1. The number of rotatable bonds is 1. The maximum atomic E-state index is 6.05. The highest BCUT2D eigenvalue weighted by Gasteiger charge is 2.34. The molecule has 1 heterocycles. The number of nitrogens with two attached hydrogens (primary N) is 1. The van der Waals surface area contributed by atoms with Crippen LogP contribution in [0.2, 0.25) is 0 Å². The molecule has 0 unspecified atom stereocenters. The molecule has 0 spiro atoms. The number of H-pyrrole nitrogens is 1. The van der Waals surface area contributed by atoms with Gasteiger partial charge in [0.25, 0.3) is 0 Å². The quantitative estimate of drug-likeness (QED) is 0.807. The van der Waals surface area contributed by atoms with Crippen LogP contribution < -0.4 is 5.73 Å². The van der Waals surface area contributed by atoms with Crippen LogP contribution in [-0.4, -0.2) is 10.2 Å². The zero-order valence-corrected chi connectivity index (χ0v) is 12.7. The standard InChI is InChI=1S/C17H23N3/c1-16(2)8-11(9-17(3,4)10-16)12-6-5-7-13-14(12)15(18)20-19-13/h5-8H,9-10H2,1-4H3,(H3,18,19,20). The van der Waals surface area contributed by atoms with Crippen LogP contribution in [0.3, 0.4) is 0 Å². The van der Waals surface area contributed by atoms with Crippen LogP contribution in [0.4, 0.5) is 5.82 Å². The monoisotopic (exact) mass is 269 g/mol. The van der Waals surface area contributed by atoms with E-state index in [-0.39, 0.29) is 5.41 Å². The highest BCUT2D eigenvalue weighted by molar-refractivity contribution is 5.98. The van der Waals surface area contributed by atoms with Crippen molar-refractivity contribution in [1.29, 1.82) is 0 Å². The van der Waals surface area contributed by atoms with Crippen LogP contribution in [0.1, 0.15) is 46.1 Å². The Bertz CT molecular complexity index is 689. The van der Waals surface area contributed by atoms with Gasteiger partial charge in [0.15, 0.2) is 5.82 Å². The Hall–Kier alpha value is -1.77. The van der Waals surface area contributed by atoms with Crippen LogP contribution in [0.15, 0.2) is 24.3 Å². The van der Waals surface area contributed by atoms with Gasteiger partial charge in [-0.05, 0) is 40.9 Å². The molecule has 0 radical (unpaired) electrons. The first kappa shape index (κ1) is 13.2. The topological polar surface area (TPSA) is 54.7 Å². The van der Waals surface area contributed by atoms with E-state index in [1.807, 2.05) is 6.07 Å². The van der Waals surface area contributed by atoms with Crippen LogP contribution in [0.5, 0.6) is 0 Å². The van der Waals surface area contributed by atoms with E-state index in [0.717, 1.165) is 17.3 Å². The molecule has 20 heavy (non-hydrogen) atoms. The van der Waals surface area contributed by atoms with Gasteiger partial charge >= 0.3 is 0 Å². The number of nitrogen functional groups attached to an aromatic ring is 1. The molecule has 1 aliphatic carbocycles. The van der Waals surface area contributed by atoms with E-state index in [0.29, 0.717) is 11.2 Å². The molecule has 106 valence electrons. The summed E-state index contributed by atoms with van der Waals surface area (Å²) in [5, 5.41) is 8.22. The molecule has 2 aromatic rings. The summed E-state index contributed by atoms with van der Waals surface area (Å²) in [5.74, 6) is 0.595. The Morgan fingerprint density at radius 1 is 1.20 bits per heavy atom. The molecule has 0 fully saturated rings. The minimum Gasteiger partial charge on any atom is -0.382 e. The van der Waals surface area contributed by atoms with Gasteiger partial charge < -0.3 is 5.73 Å². The fraction of sp³-hybridized carbons (Fsp3) is 0.471. The lowest BCUT2D eigenvalue weighted by atomic mass is 9.65. The molecule has 0 saturated heterocycles. The maximum Gasteiger partial charge on any atom is 0.153 e. The third kappa shape index (κ3) is 2.21. The van der Waals surface area contributed by atoms with Crippen LogP contribution >= 0.6 is 0 Å². The van der Waals surface area contributed by atoms with E-state index in [1.54, 1.807) is 0 Å². The largest absolute Gasteiger partial charge is 0.382 e. The van der Waals surface area contributed by atoms with Gasteiger partial charge in [-0.15, -0.1) is 0 Å². The molecule has 3 rings (SSSR count). The molecule has 3 N–H and O–H groups in total. The van der Waals surface area contributed by atoms with Crippen LogP contribution in [-0.2, 0) is 0 Å². The molecule has 1 aliphatic rings. The van der Waals surface area contributed by atoms with E-state index in [2.05, 4.69) is 56.1 Å². The summed E-state index contributed by atoms with van der Waals surface area (Å²) in [6.45, 7) is 9.32. The highest BCUT2D eigenvalue weighted by Crippen LogP contribution is 2.48. The molecule has 3 heteroatoms. The van der Waals surface area contributed by atoms with Crippen molar-refractivity contribution in [2.45, 2.75) is 40.5 Å². The number of nitrogens with zero attached hydrogens (tertiary/aromatic N) is 1. The third-order valence-electron chi connectivity index (χ3n) is 4.13. The van der Waals surface area contributed by atoms with Gasteiger partial charge in [-0.3, -0.25) is 5.10 Å². The molecular formula is C17H23N3. The normalized spacial score (nSPS) is 20.9. The molecule has 0 aliphatic heterocycles. The van der Waals surface area contributed by atoms with Crippen LogP contribution in [0.25, 0.3) is 16.5 Å². The number of nitrogens with one attached hydrogen (secondary N) is 1. The lowest BCUT2D eigenvalue weighted by Gasteiger charge is -2.39. The molecule has 3 nitrogen and oxygen atoms in total. The van der Waals surface area contributed by atoms with Crippen molar-refractivity contribution in [3.63, 3.8) is 0 Å². The minimum atomic E-state index is 0.220. The molecule has 0 amide bonds. The maximum absolute atomic E-state index is 6.05. The summed E-state index contributed by atoms with van der Waals surface area (Å²) in [4.78, 5) is 0. The summed E-state index contributed by atoms with van der Waals surface area (Å²) in [6, 6.07) is 6.27. The number of benzene rings is 1. The number of hydrogen-bond donors (Lipinski definition) is 2. The van der Waals surface area contributed by atoms with Crippen molar-refractivity contribution in [2.24, 2.45) is 10.8 Å². The second-order valence-corrected chi connectivity index (χ2v) is 7.51. The average Bonchev–Trinajstić information content (AvgIpc) is 2.67. The van der Waals surface area contributed by atoms with E-state index in [4.69, 9.17) is 5.73 Å². The first-order valence-electron chi connectivity index (χ1n) is 7.22. The zero-order chi connectivity index (χ0) is 14.5. The van der Waals surface area contributed by atoms with Gasteiger partial charge in [0.2, 0.25) is 0 Å². The Balaban J connectivity index is 2.20. The smallest absolute Gasteiger partial charge is 0.153 e. The molecule has 0 saturated carbocycles. The molecule has 0 bridgehead atoms. The first-order chi connectivity index (χ1) is 9.27. The van der Waals surface area contributed by atoms with Gasteiger partial charge in [0.1, 0.15) is 0 Å². The second-order valence-electron chi connectivity index (χ2n) is 7.51. The van der Waals surface area contributed by atoms with Crippen molar-refractivity contribution in [3.05, 3.63) is 29.8 Å². The van der Waals surface area contributed by atoms with Gasteiger partial charge in [0.05, 0.1) is 10.9 Å². The fourth-order valence-corrected chi connectivity index (χ4v) is 3.92. The van der Waals surface area contributed by atoms with Gasteiger partial charge in [-0.25, -0.2) is 0 Å². The summed E-state index contributed by atoms with van der Waals surface area (Å²) in [6.07, 6.45) is 4.71. The Morgan fingerprint density at radius 3 is 2.65 bits per heavy atom. The summed E-state index contributed by atoms with van der Waals surface area (Å²) in [7, 11) is 0. The van der Waals surface area contributed by atoms with Crippen molar-refractivity contribution in [3.8, 4) is 0 Å². The van der Waals surface area contributed by atoms with E-state index in [1.165, 1.54) is 17.6 Å². The molecule has 0 atom stereocenters. The molecular weight excluding hydrogens is 246 g/mol. The Kier molecular flexibility index (Phi) is 2.72. The number of hydrogen-bond acceptors (Lipinski definition) is 2. The number of anilines is 1. The minimum absolute atomic E-state index is 0.220. The van der Waals surface area contributed by atoms with E-state index in [9.17, 15) is 0 Å². The second kappa shape index (κ2) is 4.11. The number of allylic oxidation sites excluding steroid dienone is 2. The van der Waals surface area contributed by atoms with Gasteiger partial charge in [0, 0.05) is 0 Å². The van der Waals surface area contributed by atoms with Crippen molar-refractivity contribution < 1.29 is 0 Å². The first-order valence-corrected chi connectivity index (χ1v) is 7.22. The lowest BCUT2D eigenvalue weighted by molar-refractivity contribution is 0.229. The summed E-state index contributed by atoms with van der Waals surface area (Å²) in [5.41, 5.74) is 10.2. The van der Waals surface area contributed by atoms with Crippen LogP contribution in [0, 0.1) is 10.8 Å². The SMILES string of the molecule is CC1(C)C=C(c2cccc3[nH]nc(N)c23)CC(C)(C)C1. The third-order valence-corrected chi connectivity index (χ3v) is 4.13. The number of aromatic amines is 1. The Morgan fingerprint density at radius 2 is 1.95 bits per heavy atom. The fourth-order valence-electron chi connectivity index (χ4n) is 3.92. The molecule has 1 aromatic heterocycles. The van der Waals surface area contributed by atoms with Crippen molar-refractivity contribution >= 4 is 22.3 Å². The van der Waals surface area contributed by atoms with Crippen molar-refractivity contribution in [2.75, 3.05) is 5.73 Å². The molecule has 1 aromatic carbocycles. The number of aromatic nitrogens is 2. The zero-order valence-electron chi connectivity index (χ0n) is 12.7. The predicted octanol–water partition coefficient (Wildman–Crippen LogP) is 4.37. The van der Waals surface area contributed by atoms with Gasteiger partial charge in [-0.1, -0.05) is 45.9 Å². The Labute approximate surface area is 120 Å². The lowest BCUT2D eigenvalue weighted by Crippen LogP contribution is -2.26. The summed E-state index contributed by atoms with van der Waals surface area (Å²) < 4.78 is 0. The van der Waals surface area contributed by atoms with E-state index >= 15 is 0 Å². The summed E-state index contributed by atoms with van der Waals surface area (Å²) >= 11 is 0. The van der Waals surface area contributed by atoms with E-state index < -0.39 is 0 Å². The van der Waals surface area contributed by atoms with Gasteiger partial charge in [-0.2, -0.15) is 5.10 Å². The predicted molar refractivity (Wildman–Crippen MR) is 85.3 cm³/mol. The average molecular weight is 269 g/mol.